The van der Waals surface area contributed by atoms with Gasteiger partial charge in [-0.3, -0.25) is 4.90 Å². The predicted octanol–water partition coefficient (Wildman–Crippen LogP) is 3.58. The van der Waals surface area contributed by atoms with Gasteiger partial charge in [0.1, 0.15) is 0 Å². The van der Waals surface area contributed by atoms with Crippen molar-refractivity contribution < 1.29 is 0 Å². The Kier molecular flexibility index (Phi) is 5.84. The summed E-state index contributed by atoms with van der Waals surface area (Å²) in [5, 5.41) is 9.31. The lowest BCUT2D eigenvalue weighted by molar-refractivity contribution is 0.117. The third-order valence-electron chi connectivity index (χ3n) is 3.72. The van der Waals surface area contributed by atoms with E-state index in [1.54, 1.807) is 0 Å². The average Bonchev–Trinajstić information content (AvgIpc) is 2.50. The van der Waals surface area contributed by atoms with Crippen LogP contribution in [0.15, 0.2) is 0 Å². The van der Waals surface area contributed by atoms with Crippen molar-refractivity contribution in [3.63, 3.8) is 0 Å². The van der Waals surface area contributed by atoms with Crippen LogP contribution in [0.25, 0.3) is 0 Å². The molecule has 2 unspecified atom stereocenters. The lowest BCUT2D eigenvalue weighted by Crippen LogP contribution is -2.44. The van der Waals surface area contributed by atoms with Gasteiger partial charge in [0, 0.05) is 12.1 Å². The molecular weight excluding hydrogens is 196 g/mol. The van der Waals surface area contributed by atoms with E-state index in [0.29, 0.717) is 12.1 Å². The number of nitriles is 1. The molecule has 0 spiro atoms. The monoisotopic (exact) mass is 222 g/mol. The smallest absolute Gasteiger partial charge is 0.0672 e. The second-order valence-corrected chi connectivity index (χ2v) is 5.27. The number of hydrogen-bond acceptors (Lipinski definition) is 2. The van der Waals surface area contributed by atoms with Crippen LogP contribution in [0.2, 0.25) is 0 Å². The summed E-state index contributed by atoms with van der Waals surface area (Å²) in [6.45, 7) is 7.89. The highest BCUT2D eigenvalue weighted by molar-refractivity contribution is 4.95. The molecular formula is C14H26N2. The van der Waals surface area contributed by atoms with Gasteiger partial charge < -0.3 is 0 Å². The maximum Gasteiger partial charge on any atom is 0.0672 e. The summed E-state index contributed by atoms with van der Waals surface area (Å²) in [5.74, 6) is 0.261. The molecule has 1 rings (SSSR count). The molecule has 0 aromatic rings. The van der Waals surface area contributed by atoms with E-state index < -0.39 is 0 Å². The zero-order valence-electron chi connectivity index (χ0n) is 11.1. The van der Waals surface area contributed by atoms with Gasteiger partial charge in [0.2, 0.25) is 0 Å². The van der Waals surface area contributed by atoms with Gasteiger partial charge >= 0.3 is 0 Å². The first-order chi connectivity index (χ1) is 7.70. The Bertz CT molecular complexity index is 229. The fraction of sp³-hybridized carbons (Fsp3) is 0.929. The first kappa shape index (κ1) is 13.5. The van der Waals surface area contributed by atoms with Crippen LogP contribution in [0.1, 0.15) is 59.3 Å². The summed E-state index contributed by atoms with van der Waals surface area (Å²) in [7, 11) is 0. The van der Waals surface area contributed by atoms with E-state index in [9.17, 15) is 5.26 Å². The normalized spacial score (nSPS) is 26.8. The van der Waals surface area contributed by atoms with Crippen molar-refractivity contribution in [3.8, 4) is 6.07 Å². The number of rotatable bonds is 4. The largest absolute Gasteiger partial charge is 0.297 e. The minimum absolute atomic E-state index is 0.261. The topological polar surface area (TPSA) is 27.0 Å². The van der Waals surface area contributed by atoms with Gasteiger partial charge in [-0.25, -0.2) is 0 Å². The Morgan fingerprint density at radius 1 is 1.25 bits per heavy atom. The average molecular weight is 222 g/mol. The van der Waals surface area contributed by atoms with Crippen molar-refractivity contribution in [2.45, 2.75) is 71.4 Å². The van der Waals surface area contributed by atoms with Crippen LogP contribution in [0.5, 0.6) is 0 Å². The minimum atomic E-state index is 0.261. The molecule has 0 aromatic carbocycles. The maximum atomic E-state index is 9.31. The quantitative estimate of drug-likeness (QED) is 0.680. The molecule has 2 atom stereocenters. The van der Waals surface area contributed by atoms with E-state index in [4.69, 9.17) is 0 Å². The molecule has 1 fully saturated rings. The Morgan fingerprint density at radius 3 is 2.50 bits per heavy atom. The standard InChI is InChI=1S/C14H26N2/c1-4-10-16(12(2)3)14-9-7-5-6-8-13(14)11-15/h12-14H,4-10H2,1-3H3. The molecule has 1 saturated carbocycles. The van der Waals surface area contributed by atoms with Crippen molar-refractivity contribution in [1.82, 2.24) is 4.90 Å². The molecule has 1 aliphatic rings. The van der Waals surface area contributed by atoms with Gasteiger partial charge in [0.05, 0.1) is 12.0 Å². The summed E-state index contributed by atoms with van der Waals surface area (Å²) >= 11 is 0. The van der Waals surface area contributed by atoms with Gasteiger partial charge in [-0.2, -0.15) is 5.26 Å². The molecule has 0 bridgehead atoms. The molecule has 0 aliphatic heterocycles. The zero-order chi connectivity index (χ0) is 12.0. The van der Waals surface area contributed by atoms with Crippen LogP contribution >= 0.6 is 0 Å². The Morgan fingerprint density at radius 2 is 1.94 bits per heavy atom. The maximum absolute atomic E-state index is 9.31. The minimum Gasteiger partial charge on any atom is -0.297 e. The molecule has 0 radical (unpaired) electrons. The van der Waals surface area contributed by atoms with Gasteiger partial charge in [-0.15, -0.1) is 0 Å². The summed E-state index contributed by atoms with van der Waals surface area (Å²) < 4.78 is 0. The highest BCUT2D eigenvalue weighted by atomic mass is 15.2. The van der Waals surface area contributed by atoms with Gasteiger partial charge in [0.15, 0.2) is 0 Å². The second-order valence-electron chi connectivity index (χ2n) is 5.27. The van der Waals surface area contributed by atoms with Crippen LogP contribution in [-0.2, 0) is 0 Å². The first-order valence-electron chi connectivity index (χ1n) is 6.86. The predicted molar refractivity (Wildman–Crippen MR) is 68.1 cm³/mol. The van der Waals surface area contributed by atoms with Crippen molar-refractivity contribution in [2.75, 3.05) is 6.54 Å². The van der Waals surface area contributed by atoms with E-state index in [1.807, 2.05) is 0 Å². The highest BCUT2D eigenvalue weighted by Crippen LogP contribution is 2.28. The molecule has 2 nitrogen and oxygen atoms in total. The summed E-state index contributed by atoms with van der Waals surface area (Å²) in [5.41, 5.74) is 0. The van der Waals surface area contributed by atoms with Crippen molar-refractivity contribution in [1.29, 1.82) is 5.26 Å². The third kappa shape index (κ3) is 3.49. The van der Waals surface area contributed by atoms with Crippen LogP contribution < -0.4 is 0 Å². The Hall–Kier alpha value is -0.550. The van der Waals surface area contributed by atoms with Gasteiger partial charge in [-0.1, -0.05) is 26.2 Å². The van der Waals surface area contributed by atoms with Crippen molar-refractivity contribution >= 4 is 0 Å². The van der Waals surface area contributed by atoms with Crippen LogP contribution in [0.3, 0.4) is 0 Å². The molecule has 0 N–H and O–H groups in total. The molecule has 0 aromatic heterocycles. The lowest BCUT2D eigenvalue weighted by atomic mass is 9.93. The van der Waals surface area contributed by atoms with Crippen LogP contribution in [0.4, 0.5) is 0 Å². The van der Waals surface area contributed by atoms with E-state index in [-0.39, 0.29) is 5.92 Å². The first-order valence-corrected chi connectivity index (χ1v) is 6.86. The molecule has 92 valence electrons. The third-order valence-corrected chi connectivity index (χ3v) is 3.72. The number of nitrogens with zero attached hydrogens (tertiary/aromatic N) is 2. The number of hydrogen-bond donors (Lipinski definition) is 0. The molecule has 0 heterocycles. The van der Waals surface area contributed by atoms with Gasteiger partial charge in [-0.05, 0) is 39.7 Å². The summed E-state index contributed by atoms with van der Waals surface area (Å²) in [4.78, 5) is 2.55. The van der Waals surface area contributed by atoms with Crippen LogP contribution in [-0.4, -0.2) is 23.5 Å². The molecule has 16 heavy (non-hydrogen) atoms. The van der Waals surface area contributed by atoms with Crippen LogP contribution in [0, 0.1) is 17.2 Å². The molecule has 2 heteroatoms. The Labute approximate surface area is 101 Å². The summed E-state index contributed by atoms with van der Waals surface area (Å²) in [6.07, 6.45) is 7.37. The van der Waals surface area contributed by atoms with E-state index >= 15 is 0 Å². The van der Waals surface area contributed by atoms with E-state index in [2.05, 4.69) is 31.7 Å². The fourth-order valence-corrected chi connectivity index (χ4v) is 2.90. The Balaban J connectivity index is 2.73. The molecule has 0 amide bonds. The lowest BCUT2D eigenvalue weighted by Gasteiger charge is -2.36. The SMILES string of the molecule is CCCN(C(C)C)C1CCCCCC1C#N. The summed E-state index contributed by atoms with van der Waals surface area (Å²) in [6, 6.07) is 3.62. The molecule has 1 aliphatic carbocycles. The van der Waals surface area contributed by atoms with E-state index in [1.165, 1.54) is 32.1 Å². The van der Waals surface area contributed by atoms with E-state index in [0.717, 1.165) is 13.0 Å². The zero-order valence-corrected chi connectivity index (χ0v) is 11.1. The molecule has 0 saturated heterocycles. The highest BCUT2D eigenvalue weighted by Gasteiger charge is 2.29. The van der Waals surface area contributed by atoms with Gasteiger partial charge in [0.25, 0.3) is 0 Å². The second kappa shape index (κ2) is 6.91. The fourth-order valence-electron chi connectivity index (χ4n) is 2.90. The van der Waals surface area contributed by atoms with Crippen molar-refractivity contribution in [2.24, 2.45) is 5.92 Å². The van der Waals surface area contributed by atoms with Crippen molar-refractivity contribution in [3.05, 3.63) is 0 Å².